The molecule has 0 spiro atoms. The first kappa shape index (κ1) is 24.9. The van der Waals surface area contributed by atoms with Crippen LogP contribution in [0.25, 0.3) is 0 Å². The number of aliphatic hydroxyl groups is 1. The van der Waals surface area contributed by atoms with Gasteiger partial charge in [-0.15, -0.1) is 0 Å². The summed E-state index contributed by atoms with van der Waals surface area (Å²) < 4.78 is 43.5. The number of benzene rings is 1. The molecule has 2 rings (SSSR count). The maximum absolute atomic E-state index is 12.6. The van der Waals surface area contributed by atoms with Crippen molar-refractivity contribution in [3.8, 4) is 0 Å². The summed E-state index contributed by atoms with van der Waals surface area (Å²) in [6, 6.07) is 3.35. The van der Waals surface area contributed by atoms with Gasteiger partial charge in [-0.25, -0.2) is 4.79 Å². The number of amides is 3. The fraction of sp³-hybridized carbons (Fsp3) is 0.600. The summed E-state index contributed by atoms with van der Waals surface area (Å²) in [5.74, 6) is -0.142. The molecule has 0 saturated carbocycles. The molecular formula is C20H29F3N4O4. The third-order valence-corrected chi connectivity index (χ3v) is 4.82. The SMILES string of the molecule is CN(C)CC(=O)N[C@H]1CC[C@H](CCNC(=O)Nc2ccc(C(F)(F)F)cc2)O[C@H]1CO. The molecule has 3 atom stereocenters. The van der Waals surface area contributed by atoms with Gasteiger partial charge in [0, 0.05) is 12.2 Å². The smallest absolute Gasteiger partial charge is 0.394 e. The van der Waals surface area contributed by atoms with Gasteiger partial charge in [0.1, 0.15) is 6.10 Å². The van der Waals surface area contributed by atoms with Gasteiger partial charge in [-0.05, 0) is 57.6 Å². The number of halogens is 3. The number of nitrogens with zero attached hydrogens (tertiary/aromatic N) is 1. The Labute approximate surface area is 179 Å². The van der Waals surface area contributed by atoms with Gasteiger partial charge in [0.15, 0.2) is 0 Å². The lowest BCUT2D eigenvalue weighted by atomic mass is 9.97. The van der Waals surface area contributed by atoms with Crippen molar-refractivity contribution in [3.63, 3.8) is 0 Å². The topological polar surface area (TPSA) is 103 Å². The number of nitrogens with one attached hydrogen (secondary N) is 3. The van der Waals surface area contributed by atoms with Gasteiger partial charge in [0.05, 0.1) is 30.9 Å². The number of hydrogen-bond acceptors (Lipinski definition) is 5. The Morgan fingerprint density at radius 2 is 1.87 bits per heavy atom. The maximum Gasteiger partial charge on any atom is 0.416 e. The number of likely N-dealkylation sites (N-methyl/N-ethyl adjacent to an activating group) is 1. The number of carbonyl (C=O) groups excluding carboxylic acids is 2. The molecule has 3 amide bonds. The molecule has 1 heterocycles. The zero-order chi connectivity index (χ0) is 23.0. The van der Waals surface area contributed by atoms with Crippen molar-refractivity contribution in [2.75, 3.05) is 39.1 Å². The summed E-state index contributed by atoms with van der Waals surface area (Å²) in [7, 11) is 3.58. The Balaban J connectivity index is 1.72. The summed E-state index contributed by atoms with van der Waals surface area (Å²) in [4.78, 5) is 25.6. The molecule has 11 heteroatoms. The number of aliphatic hydroxyl groups excluding tert-OH is 1. The average molecular weight is 446 g/mol. The van der Waals surface area contributed by atoms with Crippen molar-refractivity contribution < 1.29 is 32.6 Å². The highest BCUT2D eigenvalue weighted by molar-refractivity contribution is 5.89. The summed E-state index contributed by atoms with van der Waals surface area (Å²) in [5.41, 5.74) is -0.543. The van der Waals surface area contributed by atoms with E-state index in [0.29, 0.717) is 19.3 Å². The Bertz CT molecular complexity index is 728. The highest BCUT2D eigenvalue weighted by Gasteiger charge is 2.32. The largest absolute Gasteiger partial charge is 0.416 e. The predicted octanol–water partition coefficient (Wildman–Crippen LogP) is 1.80. The van der Waals surface area contributed by atoms with E-state index in [4.69, 9.17) is 4.74 Å². The molecule has 31 heavy (non-hydrogen) atoms. The molecule has 0 radical (unpaired) electrons. The van der Waals surface area contributed by atoms with Crippen molar-refractivity contribution in [2.45, 2.75) is 43.7 Å². The molecule has 4 N–H and O–H groups in total. The van der Waals surface area contributed by atoms with E-state index < -0.39 is 23.9 Å². The van der Waals surface area contributed by atoms with E-state index >= 15 is 0 Å². The lowest BCUT2D eigenvalue weighted by molar-refractivity contribution is -0.137. The number of anilines is 1. The Morgan fingerprint density at radius 1 is 1.19 bits per heavy atom. The molecule has 0 aliphatic carbocycles. The van der Waals surface area contributed by atoms with E-state index in [2.05, 4.69) is 16.0 Å². The summed E-state index contributed by atoms with van der Waals surface area (Å²) in [5, 5.41) is 17.6. The predicted molar refractivity (Wildman–Crippen MR) is 109 cm³/mol. The lowest BCUT2D eigenvalue weighted by Crippen LogP contribution is -2.52. The van der Waals surface area contributed by atoms with Crippen LogP contribution in [0.3, 0.4) is 0 Å². The molecule has 0 unspecified atom stereocenters. The molecule has 1 aromatic carbocycles. The van der Waals surface area contributed by atoms with Crippen LogP contribution in [0.5, 0.6) is 0 Å². The lowest BCUT2D eigenvalue weighted by Gasteiger charge is -2.36. The fourth-order valence-electron chi connectivity index (χ4n) is 3.31. The molecule has 1 saturated heterocycles. The van der Waals surface area contributed by atoms with Crippen LogP contribution in [0.2, 0.25) is 0 Å². The third-order valence-electron chi connectivity index (χ3n) is 4.82. The second-order valence-corrected chi connectivity index (χ2v) is 7.71. The molecule has 1 aliphatic rings. The van der Waals surface area contributed by atoms with Crippen molar-refractivity contribution in [1.29, 1.82) is 0 Å². The maximum atomic E-state index is 12.6. The zero-order valence-electron chi connectivity index (χ0n) is 17.5. The summed E-state index contributed by atoms with van der Waals surface area (Å²) in [6.45, 7) is 0.300. The number of carbonyl (C=O) groups is 2. The third kappa shape index (κ3) is 8.35. The van der Waals surface area contributed by atoms with Gasteiger partial charge >= 0.3 is 12.2 Å². The van der Waals surface area contributed by atoms with Crippen LogP contribution >= 0.6 is 0 Å². The van der Waals surface area contributed by atoms with Crippen molar-refractivity contribution in [3.05, 3.63) is 29.8 Å². The van der Waals surface area contributed by atoms with Crippen LogP contribution in [0.4, 0.5) is 23.7 Å². The van der Waals surface area contributed by atoms with Crippen LogP contribution in [0.1, 0.15) is 24.8 Å². The minimum Gasteiger partial charge on any atom is -0.394 e. The molecule has 174 valence electrons. The van der Waals surface area contributed by atoms with E-state index in [0.717, 1.165) is 12.1 Å². The van der Waals surface area contributed by atoms with Gasteiger partial charge in [0.25, 0.3) is 0 Å². The van der Waals surface area contributed by atoms with Crippen LogP contribution in [0.15, 0.2) is 24.3 Å². The van der Waals surface area contributed by atoms with E-state index in [-0.39, 0.29) is 43.4 Å². The second kappa shape index (κ2) is 11.3. The van der Waals surface area contributed by atoms with Gasteiger partial charge in [-0.2, -0.15) is 13.2 Å². The standard InChI is InChI=1S/C20H29F3N4O4/c1-27(2)11-18(29)26-16-8-7-15(31-17(16)12-28)9-10-24-19(30)25-14-5-3-13(4-6-14)20(21,22)23/h3-6,15-17,28H,7-12H2,1-2H3,(H,26,29)(H2,24,25,30)/t15-,16+,17+/m1/s1. The van der Waals surface area contributed by atoms with Gasteiger partial charge in [-0.3, -0.25) is 4.79 Å². The van der Waals surface area contributed by atoms with Gasteiger partial charge in [0.2, 0.25) is 5.91 Å². The van der Waals surface area contributed by atoms with E-state index in [1.165, 1.54) is 12.1 Å². The van der Waals surface area contributed by atoms with E-state index in [1.54, 1.807) is 19.0 Å². The minimum atomic E-state index is -4.43. The molecule has 8 nitrogen and oxygen atoms in total. The quantitative estimate of drug-likeness (QED) is 0.488. The summed E-state index contributed by atoms with van der Waals surface area (Å²) >= 11 is 0. The normalized spacial score (nSPS) is 21.6. The van der Waals surface area contributed by atoms with E-state index in [1.807, 2.05) is 0 Å². The Kier molecular flexibility index (Phi) is 9.08. The first-order valence-electron chi connectivity index (χ1n) is 10.0. The van der Waals surface area contributed by atoms with Gasteiger partial charge in [-0.1, -0.05) is 0 Å². The monoisotopic (exact) mass is 446 g/mol. The number of hydrogen-bond donors (Lipinski definition) is 4. The van der Waals surface area contributed by atoms with Crippen molar-refractivity contribution in [1.82, 2.24) is 15.5 Å². The van der Waals surface area contributed by atoms with Gasteiger partial charge < -0.3 is 30.7 Å². The number of urea groups is 1. The van der Waals surface area contributed by atoms with Crippen molar-refractivity contribution in [2.24, 2.45) is 0 Å². The first-order valence-corrected chi connectivity index (χ1v) is 10.0. The van der Waals surface area contributed by atoms with Crippen molar-refractivity contribution >= 4 is 17.6 Å². The zero-order valence-corrected chi connectivity index (χ0v) is 17.5. The molecule has 1 aromatic rings. The molecule has 0 aromatic heterocycles. The molecule has 1 aliphatic heterocycles. The molecular weight excluding hydrogens is 417 g/mol. The number of alkyl halides is 3. The molecule has 0 bridgehead atoms. The van der Waals surface area contributed by atoms with Crippen LogP contribution < -0.4 is 16.0 Å². The number of ether oxygens (including phenoxy) is 1. The fourth-order valence-corrected chi connectivity index (χ4v) is 3.31. The highest BCUT2D eigenvalue weighted by Crippen LogP contribution is 2.29. The number of rotatable bonds is 8. The van der Waals surface area contributed by atoms with Crippen LogP contribution in [-0.2, 0) is 15.7 Å². The van der Waals surface area contributed by atoms with Crippen LogP contribution in [-0.4, -0.2) is 74.0 Å². The molecule has 1 fully saturated rings. The minimum absolute atomic E-state index is 0.142. The summed E-state index contributed by atoms with van der Waals surface area (Å²) in [6.07, 6.45) is -3.34. The Morgan fingerprint density at radius 3 is 2.45 bits per heavy atom. The highest BCUT2D eigenvalue weighted by atomic mass is 19.4. The second-order valence-electron chi connectivity index (χ2n) is 7.71. The Hall–Kier alpha value is -2.37. The van der Waals surface area contributed by atoms with E-state index in [9.17, 15) is 27.9 Å². The first-order chi connectivity index (χ1) is 14.6. The van der Waals surface area contributed by atoms with Crippen LogP contribution in [0, 0.1) is 0 Å². The average Bonchev–Trinajstić information content (AvgIpc) is 2.68.